The molecule has 2 heterocycles. The number of carbonyl (C=O) groups is 1. The zero-order chi connectivity index (χ0) is 24.2. The van der Waals surface area contributed by atoms with Gasteiger partial charge in [-0.3, -0.25) is 24.5 Å². The maximum Gasteiger partial charge on any atom is 0.278 e. The second-order valence-electron chi connectivity index (χ2n) is 9.05. The van der Waals surface area contributed by atoms with Crippen molar-refractivity contribution in [1.82, 2.24) is 19.8 Å². The Morgan fingerprint density at radius 3 is 2.62 bits per heavy atom. The molecule has 8 nitrogen and oxygen atoms in total. The molecule has 2 atom stereocenters. The van der Waals surface area contributed by atoms with E-state index in [1.54, 1.807) is 30.3 Å². The SMILES string of the molecule is C[C@@H]1CCC[C@H](C)N1CCNC(=O)Cn1c(=O)c(-c2cccc(C(=N)N)c2)nc2ccccc21. The van der Waals surface area contributed by atoms with Crippen molar-refractivity contribution in [3.05, 3.63) is 64.4 Å². The van der Waals surface area contributed by atoms with E-state index in [1.807, 2.05) is 18.2 Å². The van der Waals surface area contributed by atoms with Crippen LogP contribution in [0.2, 0.25) is 0 Å². The van der Waals surface area contributed by atoms with Crippen LogP contribution in [0.1, 0.15) is 38.7 Å². The van der Waals surface area contributed by atoms with Gasteiger partial charge >= 0.3 is 0 Å². The zero-order valence-electron chi connectivity index (χ0n) is 19.8. The average Bonchev–Trinajstić information content (AvgIpc) is 2.82. The summed E-state index contributed by atoms with van der Waals surface area (Å²) in [5.41, 5.74) is 7.80. The summed E-state index contributed by atoms with van der Waals surface area (Å²) in [7, 11) is 0. The first-order valence-corrected chi connectivity index (χ1v) is 11.8. The van der Waals surface area contributed by atoms with Crippen molar-refractivity contribution < 1.29 is 4.79 Å². The number of amides is 1. The number of carbonyl (C=O) groups excluding carboxylic acids is 1. The van der Waals surface area contributed by atoms with Crippen molar-refractivity contribution in [1.29, 1.82) is 5.41 Å². The minimum atomic E-state index is -0.354. The van der Waals surface area contributed by atoms with E-state index in [2.05, 4.69) is 29.0 Å². The Balaban J connectivity index is 1.57. The van der Waals surface area contributed by atoms with E-state index in [1.165, 1.54) is 23.8 Å². The number of aromatic nitrogens is 2. The van der Waals surface area contributed by atoms with Crippen LogP contribution in [0.5, 0.6) is 0 Å². The molecule has 1 aliphatic heterocycles. The predicted molar refractivity (Wildman–Crippen MR) is 135 cm³/mol. The van der Waals surface area contributed by atoms with Crippen LogP contribution in [0.15, 0.2) is 53.3 Å². The van der Waals surface area contributed by atoms with Crippen LogP contribution in [0, 0.1) is 5.41 Å². The van der Waals surface area contributed by atoms with Gasteiger partial charge in [-0.1, -0.05) is 36.8 Å². The van der Waals surface area contributed by atoms with Crippen molar-refractivity contribution in [3.8, 4) is 11.3 Å². The Hall–Kier alpha value is -3.52. The molecule has 1 amide bonds. The first kappa shape index (κ1) is 23.6. The molecule has 8 heteroatoms. The largest absolute Gasteiger partial charge is 0.384 e. The van der Waals surface area contributed by atoms with Gasteiger partial charge in [0, 0.05) is 36.3 Å². The highest BCUT2D eigenvalue weighted by Gasteiger charge is 2.24. The van der Waals surface area contributed by atoms with Gasteiger partial charge in [-0.15, -0.1) is 0 Å². The summed E-state index contributed by atoms with van der Waals surface area (Å²) in [6.45, 7) is 5.72. The molecule has 0 radical (unpaired) electrons. The topological polar surface area (TPSA) is 117 Å². The number of nitrogen functional groups attached to an aromatic ring is 1. The molecule has 4 N–H and O–H groups in total. The Morgan fingerprint density at radius 2 is 1.88 bits per heavy atom. The third-order valence-corrected chi connectivity index (χ3v) is 6.67. The Labute approximate surface area is 199 Å². The normalized spacial score (nSPS) is 18.6. The number of hydrogen-bond donors (Lipinski definition) is 3. The molecule has 1 aromatic heterocycles. The van der Waals surface area contributed by atoms with Crippen molar-refractivity contribution >= 4 is 22.8 Å². The van der Waals surface area contributed by atoms with Crippen molar-refractivity contribution in [2.45, 2.75) is 51.7 Å². The summed E-state index contributed by atoms with van der Waals surface area (Å²) < 4.78 is 1.47. The molecule has 2 aromatic carbocycles. The highest BCUT2D eigenvalue weighted by molar-refractivity contribution is 5.96. The number of piperidine rings is 1. The van der Waals surface area contributed by atoms with Gasteiger partial charge in [-0.2, -0.15) is 0 Å². The van der Waals surface area contributed by atoms with Crippen LogP contribution in [0.3, 0.4) is 0 Å². The van der Waals surface area contributed by atoms with E-state index in [-0.39, 0.29) is 29.5 Å². The fraction of sp³-hybridized carbons (Fsp3) is 0.385. The van der Waals surface area contributed by atoms with Crippen LogP contribution in [-0.4, -0.2) is 51.4 Å². The molecule has 0 saturated carbocycles. The standard InChI is InChI=1S/C26H32N6O2/c1-17-7-5-8-18(2)31(17)14-13-29-23(33)16-32-22-12-4-3-11-21(22)30-24(26(32)34)19-9-6-10-20(15-19)25(27)28/h3-4,6,9-12,15,17-18H,5,7-8,13-14,16H2,1-2H3,(H3,27,28)(H,29,33)/t17-,18+. The maximum absolute atomic E-state index is 13.4. The summed E-state index contributed by atoms with van der Waals surface area (Å²) >= 11 is 0. The van der Waals surface area contributed by atoms with Gasteiger partial charge in [0.15, 0.2) is 0 Å². The molecule has 4 rings (SSSR count). The maximum atomic E-state index is 13.4. The lowest BCUT2D eigenvalue weighted by atomic mass is 9.98. The quantitative estimate of drug-likeness (QED) is 0.370. The first-order chi connectivity index (χ1) is 16.3. The van der Waals surface area contributed by atoms with Crippen molar-refractivity contribution in [2.24, 2.45) is 5.73 Å². The van der Waals surface area contributed by atoms with Gasteiger partial charge in [0.05, 0.1) is 11.0 Å². The molecule has 0 bridgehead atoms. The molecule has 0 aliphatic carbocycles. The van der Waals surface area contributed by atoms with Gasteiger partial charge in [-0.05, 0) is 44.9 Å². The minimum Gasteiger partial charge on any atom is -0.384 e. The average molecular weight is 461 g/mol. The number of benzene rings is 2. The fourth-order valence-corrected chi connectivity index (χ4v) is 4.81. The second-order valence-corrected chi connectivity index (χ2v) is 9.05. The Bertz CT molecular complexity index is 1260. The second kappa shape index (κ2) is 10.2. The molecule has 178 valence electrons. The molecule has 0 spiro atoms. The lowest BCUT2D eigenvalue weighted by molar-refractivity contribution is -0.121. The summed E-state index contributed by atoms with van der Waals surface area (Å²) in [5, 5.41) is 10.7. The zero-order valence-corrected chi connectivity index (χ0v) is 19.8. The summed E-state index contributed by atoms with van der Waals surface area (Å²) in [6.07, 6.45) is 3.62. The van der Waals surface area contributed by atoms with Gasteiger partial charge < -0.3 is 11.1 Å². The number of amidine groups is 1. The van der Waals surface area contributed by atoms with Gasteiger partial charge in [0.25, 0.3) is 5.56 Å². The molecule has 1 fully saturated rings. The monoisotopic (exact) mass is 460 g/mol. The lowest BCUT2D eigenvalue weighted by Crippen LogP contribution is -2.47. The summed E-state index contributed by atoms with van der Waals surface area (Å²) in [6, 6.07) is 15.2. The highest BCUT2D eigenvalue weighted by Crippen LogP contribution is 2.22. The fourth-order valence-electron chi connectivity index (χ4n) is 4.81. The van der Waals surface area contributed by atoms with Crippen LogP contribution >= 0.6 is 0 Å². The number of hydrogen-bond acceptors (Lipinski definition) is 5. The van der Waals surface area contributed by atoms with Crippen LogP contribution in [-0.2, 0) is 11.3 Å². The molecule has 34 heavy (non-hydrogen) atoms. The van der Waals surface area contributed by atoms with Gasteiger partial charge in [0.2, 0.25) is 5.91 Å². The third-order valence-electron chi connectivity index (χ3n) is 6.67. The number of fused-ring (bicyclic) bond motifs is 1. The van der Waals surface area contributed by atoms with Crippen LogP contribution < -0.4 is 16.6 Å². The summed E-state index contributed by atoms with van der Waals surface area (Å²) in [5.74, 6) is -0.293. The molecular weight excluding hydrogens is 428 g/mol. The number of nitrogens with two attached hydrogens (primary N) is 1. The van der Waals surface area contributed by atoms with E-state index in [9.17, 15) is 9.59 Å². The highest BCUT2D eigenvalue weighted by atomic mass is 16.2. The minimum absolute atomic E-state index is 0.0836. The smallest absolute Gasteiger partial charge is 0.278 e. The van der Waals surface area contributed by atoms with Gasteiger partial charge in [-0.25, -0.2) is 4.98 Å². The van der Waals surface area contributed by atoms with Crippen LogP contribution in [0.4, 0.5) is 0 Å². The number of rotatable bonds is 7. The molecule has 3 aromatic rings. The van der Waals surface area contributed by atoms with Crippen molar-refractivity contribution in [3.63, 3.8) is 0 Å². The number of para-hydroxylation sites is 2. The lowest BCUT2D eigenvalue weighted by Gasteiger charge is -2.39. The number of likely N-dealkylation sites (tertiary alicyclic amines) is 1. The third kappa shape index (κ3) is 5.02. The summed E-state index contributed by atoms with van der Waals surface area (Å²) in [4.78, 5) is 33.3. The van der Waals surface area contributed by atoms with E-state index < -0.39 is 0 Å². The Morgan fingerprint density at radius 1 is 1.15 bits per heavy atom. The number of nitrogens with zero attached hydrogens (tertiary/aromatic N) is 3. The molecular formula is C26H32N6O2. The number of nitrogens with one attached hydrogen (secondary N) is 2. The van der Waals surface area contributed by atoms with Crippen molar-refractivity contribution in [2.75, 3.05) is 13.1 Å². The van der Waals surface area contributed by atoms with Crippen LogP contribution in [0.25, 0.3) is 22.3 Å². The molecule has 1 saturated heterocycles. The predicted octanol–water partition coefficient (Wildman–Crippen LogP) is 2.73. The van der Waals surface area contributed by atoms with E-state index in [0.717, 1.165) is 6.54 Å². The molecule has 1 aliphatic rings. The van der Waals surface area contributed by atoms with E-state index >= 15 is 0 Å². The van der Waals surface area contributed by atoms with Gasteiger partial charge in [0.1, 0.15) is 18.1 Å². The van der Waals surface area contributed by atoms with E-state index in [4.69, 9.17) is 11.1 Å². The van der Waals surface area contributed by atoms with E-state index in [0.29, 0.717) is 40.8 Å². The first-order valence-electron chi connectivity index (χ1n) is 11.8. The molecule has 0 unspecified atom stereocenters. The Kier molecular flexibility index (Phi) is 7.07.